The summed E-state index contributed by atoms with van der Waals surface area (Å²) in [6, 6.07) is 2.00. The highest BCUT2D eigenvalue weighted by molar-refractivity contribution is 5.70. The maximum atomic E-state index is 8.11. The molecule has 0 saturated carbocycles. The molecule has 10 heavy (non-hydrogen) atoms. The van der Waals surface area contributed by atoms with Gasteiger partial charge in [-0.2, -0.15) is 10.4 Å². The third-order valence-corrected chi connectivity index (χ3v) is 0.793. The predicted molar refractivity (Wildman–Crippen MR) is 41.5 cm³/mol. The van der Waals surface area contributed by atoms with Crippen LogP contribution < -0.4 is 5.43 Å². The average molecular weight is 137 g/mol. The Morgan fingerprint density at radius 3 is 3.10 bits per heavy atom. The second-order valence-electron chi connectivity index (χ2n) is 1.62. The van der Waals surface area contributed by atoms with Crippen LogP contribution in [0.15, 0.2) is 17.3 Å². The molecule has 0 saturated heterocycles. The van der Waals surface area contributed by atoms with Crippen molar-refractivity contribution in [1.29, 1.82) is 5.26 Å². The molecule has 0 aromatic heterocycles. The molecule has 3 heteroatoms. The number of hydrazone groups is 1. The van der Waals surface area contributed by atoms with Crippen LogP contribution in [0.3, 0.4) is 0 Å². The Morgan fingerprint density at radius 2 is 2.50 bits per heavy atom. The molecule has 0 amide bonds. The van der Waals surface area contributed by atoms with E-state index in [4.69, 9.17) is 5.26 Å². The minimum atomic E-state index is 0.493. The van der Waals surface area contributed by atoms with Crippen LogP contribution in [0.1, 0.15) is 13.3 Å². The topological polar surface area (TPSA) is 48.2 Å². The zero-order valence-electron chi connectivity index (χ0n) is 6.04. The van der Waals surface area contributed by atoms with Gasteiger partial charge in [0, 0.05) is 12.8 Å². The molecule has 0 spiro atoms. The molecule has 0 aromatic carbocycles. The van der Waals surface area contributed by atoms with Crippen molar-refractivity contribution < 1.29 is 0 Å². The first kappa shape index (κ1) is 8.70. The van der Waals surface area contributed by atoms with Crippen molar-refractivity contribution in [1.82, 2.24) is 5.43 Å². The number of hydrogen-bond acceptors (Lipinski definition) is 3. The molecule has 0 heterocycles. The van der Waals surface area contributed by atoms with Crippen LogP contribution in [0.2, 0.25) is 0 Å². The van der Waals surface area contributed by atoms with Crippen LogP contribution in [0, 0.1) is 11.3 Å². The maximum Gasteiger partial charge on any atom is 0.0640 e. The van der Waals surface area contributed by atoms with Crippen molar-refractivity contribution in [2.45, 2.75) is 13.3 Å². The first-order valence-corrected chi connectivity index (χ1v) is 3.16. The summed E-state index contributed by atoms with van der Waals surface area (Å²) in [5, 5.41) is 11.9. The smallest absolute Gasteiger partial charge is 0.0640 e. The molecule has 0 fully saturated rings. The van der Waals surface area contributed by atoms with E-state index in [1.165, 1.54) is 0 Å². The van der Waals surface area contributed by atoms with Crippen LogP contribution >= 0.6 is 0 Å². The lowest BCUT2D eigenvalue weighted by atomic mass is 10.5. The summed E-state index contributed by atoms with van der Waals surface area (Å²) in [5.41, 5.74) is 2.72. The van der Waals surface area contributed by atoms with Crippen LogP contribution in [-0.2, 0) is 0 Å². The van der Waals surface area contributed by atoms with Gasteiger partial charge in [-0.15, -0.1) is 0 Å². The van der Waals surface area contributed by atoms with Crippen molar-refractivity contribution in [2.75, 3.05) is 6.54 Å². The van der Waals surface area contributed by atoms with Gasteiger partial charge < -0.3 is 5.43 Å². The van der Waals surface area contributed by atoms with Crippen molar-refractivity contribution in [3.05, 3.63) is 12.2 Å². The van der Waals surface area contributed by atoms with E-state index in [1.54, 1.807) is 6.21 Å². The summed E-state index contributed by atoms with van der Waals surface area (Å²) >= 11 is 0. The Bertz CT molecular complexity index is 153. The molecule has 0 aromatic rings. The fraction of sp³-hybridized carbons (Fsp3) is 0.429. The van der Waals surface area contributed by atoms with Gasteiger partial charge in [0.2, 0.25) is 0 Å². The Hall–Kier alpha value is -1.30. The number of nitrogens with one attached hydrogen (secondary N) is 1. The van der Waals surface area contributed by atoms with Gasteiger partial charge in [-0.25, -0.2) is 0 Å². The normalized spacial score (nSPS) is 10.4. The molecule has 0 radical (unpaired) electrons. The average Bonchev–Trinajstić information content (AvgIpc) is 1.97. The molecule has 0 rings (SSSR count). The largest absolute Gasteiger partial charge is 0.309 e. The lowest BCUT2D eigenvalue weighted by Crippen LogP contribution is -2.05. The fourth-order valence-electron chi connectivity index (χ4n) is 0.358. The van der Waals surface area contributed by atoms with Crippen molar-refractivity contribution in [3.8, 4) is 6.07 Å². The van der Waals surface area contributed by atoms with E-state index >= 15 is 0 Å². The van der Waals surface area contributed by atoms with E-state index in [1.807, 2.05) is 25.1 Å². The molecule has 0 unspecified atom stereocenters. The minimum Gasteiger partial charge on any atom is -0.309 e. The number of nitriles is 1. The number of nitrogens with zero attached hydrogens (tertiary/aromatic N) is 2. The first-order chi connectivity index (χ1) is 4.91. The molecule has 0 aliphatic heterocycles. The highest BCUT2D eigenvalue weighted by atomic mass is 15.3. The molecule has 1 N–H and O–H groups in total. The summed E-state index contributed by atoms with van der Waals surface area (Å²) in [6.07, 6.45) is 5.85. The summed E-state index contributed by atoms with van der Waals surface area (Å²) in [7, 11) is 0. The van der Waals surface area contributed by atoms with Gasteiger partial charge in [-0.1, -0.05) is 6.08 Å². The number of rotatable bonds is 4. The first-order valence-electron chi connectivity index (χ1n) is 3.16. The van der Waals surface area contributed by atoms with E-state index in [-0.39, 0.29) is 0 Å². The quantitative estimate of drug-likeness (QED) is 0.357. The van der Waals surface area contributed by atoms with Crippen LogP contribution in [0.5, 0.6) is 0 Å². The summed E-state index contributed by atoms with van der Waals surface area (Å²) in [4.78, 5) is 0. The Morgan fingerprint density at radius 1 is 1.70 bits per heavy atom. The van der Waals surface area contributed by atoms with Crippen LogP contribution in [0.25, 0.3) is 0 Å². The molecule has 0 bridgehead atoms. The second kappa shape index (κ2) is 7.70. The Balaban J connectivity index is 3.12. The molecular weight excluding hydrogens is 126 g/mol. The third-order valence-electron chi connectivity index (χ3n) is 0.793. The zero-order valence-corrected chi connectivity index (χ0v) is 6.04. The fourth-order valence-corrected chi connectivity index (χ4v) is 0.358. The van der Waals surface area contributed by atoms with Crippen molar-refractivity contribution >= 4 is 6.21 Å². The Kier molecular flexibility index (Phi) is 6.70. The summed E-state index contributed by atoms with van der Waals surface area (Å²) in [5.74, 6) is 0. The van der Waals surface area contributed by atoms with Gasteiger partial charge in [-0.3, -0.25) is 0 Å². The number of hydrogen-bond donors (Lipinski definition) is 1. The zero-order chi connectivity index (χ0) is 7.66. The SMILES string of the molecule is C/C=C\C=N\NCCC#N. The van der Waals surface area contributed by atoms with Gasteiger partial charge in [0.05, 0.1) is 12.5 Å². The molecule has 0 atom stereocenters. The predicted octanol–water partition coefficient (Wildman–Crippen LogP) is 1.05. The second-order valence-corrected chi connectivity index (χ2v) is 1.62. The highest BCUT2D eigenvalue weighted by Crippen LogP contribution is 1.69. The van der Waals surface area contributed by atoms with Gasteiger partial charge in [-0.05, 0) is 13.0 Å². The molecule has 0 aliphatic rings. The van der Waals surface area contributed by atoms with Crippen molar-refractivity contribution in [2.24, 2.45) is 5.10 Å². The van der Waals surface area contributed by atoms with E-state index in [0.717, 1.165) is 0 Å². The van der Waals surface area contributed by atoms with Gasteiger partial charge in [0.25, 0.3) is 0 Å². The molecule has 3 nitrogen and oxygen atoms in total. The van der Waals surface area contributed by atoms with Gasteiger partial charge in [0.15, 0.2) is 0 Å². The van der Waals surface area contributed by atoms with E-state index in [2.05, 4.69) is 10.5 Å². The lowest BCUT2D eigenvalue weighted by molar-refractivity contribution is 0.751. The number of allylic oxidation sites excluding steroid dienone is 2. The molecular formula is C7H11N3. The standard InChI is InChI=1S/C7H11N3/c1-2-3-6-9-10-7-4-5-8/h2-3,6,10H,4,7H2,1H3/b3-2-,9-6+. The molecule has 0 aliphatic carbocycles. The van der Waals surface area contributed by atoms with Crippen LogP contribution in [0.4, 0.5) is 0 Å². The minimum absolute atomic E-state index is 0.493. The maximum absolute atomic E-state index is 8.11. The third kappa shape index (κ3) is 6.70. The highest BCUT2D eigenvalue weighted by Gasteiger charge is 1.75. The Labute approximate surface area is 61.0 Å². The van der Waals surface area contributed by atoms with E-state index in [9.17, 15) is 0 Å². The van der Waals surface area contributed by atoms with Crippen LogP contribution in [-0.4, -0.2) is 12.8 Å². The van der Waals surface area contributed by atoms with Gasteiger partial charge >= 0.3 is 0 Å². The monoisotopic (exact) mass is 137 g/mol. The van der Waals surface area contributed by atoms with Gasteiger partial charge in [0.1, 0.15) is 0 Å². The van der Waals surface area contributed by atoms with E-state index < -0.39 is 0 Å². The van der Waals surface area contributed by atoms with E-state index in [0.29, 0.717) is 13.0 Å². The lowest BCUT2D eigenvalue weighted by Gasteiger charge is -1.89. The summed E-state index contributed by atoms with van der Waals surface area (Å²) in [6.45, 7) is 2.53. The van der Waals surface area contributed by atoms with Crippen molar-refractivity contribution in [3.63, 3.8) is 0 Å². The summed E-state index contributed by atoms with van der Waals surface area (Å²) < 4.78 is 0. The molecule has 54 valence electrons.